The Morgan fingerprint density at radius 1 is 0.464 bits per heavy atom. The second-order valence-corrected chi connectivity index (χ2v) is 14.7. The van der Waals surface area contributed by atoms with Crippen molar-refractivity contribution in [2.45, 2.75) is 5.41 Å². The van der Waals surface area contributed by atoms with E-state index in [1.807, 2.05) is 6.07 Å². The Labute approximate surface area is 324 Å². The van der Waals surface area contributed by atoms with Crippen LogP contribution < -0.4 is 4.74 Å². The molecule has 1 aromatic heterocycles. The zero-order valence-electron chi connectivity index (χ0n) is 30.2. The van der Waals surface area contributed by atoms with Gasteiger partial charge in [0.15, 0.2) is 0 Å². The monoisotopic (exact) mass is 714 g/mol. The quantitative estimate of drug-likeness (QED) is 0.134. The van der Waals surface area contributed by atoms with Gasteiger partial charge in [-0.05, 0) is 70.8 Å². The van der Waals surface area contributed by atoms with E-state index in [0.717, 1.165) is 78.7 Å². The van der Waals surface area contributed by atoms with Gasteiger partial charge in [0.2, 0.25) is 0 Å². The van der Waals surface area contributed by atoms with E-state index in [9.17, 15) is 0 Å². The standard InChI is InChI=1S/C52H32N3O/c1-4-16-33(17-5-1)49-39-30-31-43-48(37-22-10-11-23-40(37)52(43)41-24-12-14-26-45(41)56-46-27-15-13-25-42(46)52)47(39)38-29-28-35(32-44(38)53-49)51-54-50(34-18-6-2-7-19-34)55(51)36-20-8-3-9-21-36/h1-32H/q+1. The maximum atomic E-state index is 6.63. The number of pyridine rings is 1. The Kier molecular flexibility index (Phi) is 6.52. The molecular formula is C52H32N3O+. The topological polar surface area (TPSA) is 37.5 Å². The summed E-state index contributed by atoms with van der Waals surface area (Å²) < 4.78 is 8.89. The van der Waals surface area contributed by atoms with Gasteiger partial charge in [-0.25, -0.2) is 4.98 Å². The van der Waals surface area contributed by atoms with E-state index >= 15 is 0 Å². The molecular weight excluding hydrogens is 683 g/mol. The van der Waals surface area contributed by atoms with E-state index in [4.69, 9.17) is 14.7 Å². The fourth-order valence-corrected chi connectivity index (χ4v) is 9.44. The van der Waals surface area contributed by atoms with Gasteiger partial charge in [0, 0.05) is 32.8 Å². The Morgan fingerprint density at radius 3 is 1.77 bits per heavy atom. The molecule has 9 aromatic rings. The number of benzene rings is 8. The first-order chi connectivity index (χ1) is 27.8. The fourth-order valence-electron chi connectivity index (χ4n) is 9.44. The Hall–Kier alpha value is -7.43. The molecule has 260 valence electrons. The first kappa shape index (κ1) is 31.0. The van der Waals surface area contributed by atoms with E-state index in [1.165, 1.54) is 27.6 Å². The number of para-hydroxylation sites is 3. The van der Waals surface area contributed by atoms with Crippen LogP contribution in [0.15, 0.2) is 199 Å². The van der Waals surface area contributed by atoms with Gasteiger partial charge in [-0.2, -0.15) is 4.58 Å². The number of rotatable bonds is 4. The molecule has 56 heavy (non-hydrogen) atoms. The summed E-state index contributed by atoms with van der Waals surface area (Å²) in [7, 11) is 0. The van der Waals surface area contributed by atoms with Crippen molar-refractivity contribution < 1.29 is 9.31 Å². The number of amidine groups is 2. The van der Waals surface area contributed by atoms with E-state index in [2.05, 4.69) is 193 Å². The van der Waals surface area contributed by atoms with Crippen LogP contribution in [0.3, 0.4) is 0 Å². The molecule has 8 aromatic carbocycles. The zero-order chi connectivity index (χ0) is 36.8. The highest BCUT2D eigenvalue weighted by Gasteiger charge is 2.51. The summed E-state index contributed by atoms with van der Waals surface area (Å²) in [6, 6.07) is 68.9. The van der Waals surface area contributed by atoms with Gasteiger partial charge >= 0.3 is 0 Å². The van der Waals surface area contributed by atoms with Gasteiger partial charge in [-0.3, -0.25) is 0 Å². The van der Waals surface area contributed by atoms with Crippen LogP contribution in [0.4, 0.5) is 5.69 Å². The molecule has 4 nitrogen and oxygen atoms in total. The van der Waals surface area contributed by atoms with Gasteiger partial charge in [0.1, 0.15) is 17.2 Å². The summed E-state index contributed by atoms with van der Waals surface area (Å²) in [5.74, 6) is 3.61. The minimum atomic E-state index is -0.561. The molecule has 12 rings (SSSR count). The molecule has 2 aliphatic heterocycles. The normalized spacial score (nSPS) is 14.4. The molecule has 1 aliphatic carbocycles. The molecule has 1 spiro atoms. The lowest BCUT2D eigenvalue weighted by Gasteiger charge is -2.39. The van der Waals surface area contributed by atoms with Crippen molar-refractivity contribution in [3.8, 4) is 33.9 Å². The highest BCUT2D eigenvalue weighted by molar-refractivity contribution is 6.22. The Bertz CT molecular complexity index is 3100. The van der Waals surface area contributed by atoms with Crippen LogP contribution in [0.25, 0.3) is 44.1 Å². The van der Waals surface area contributed by atoms with Crippen LogP contribution in [0.2, 0.25) is 0 Å². The predicted octanol–water partition coefficient (Wildman–Crippen LogP) is 12.1. The van der Waals surface area contributed by atoms with Crippen molar-refractivity contribution in [1.82, 2.24) is 4.98 Å². The highest BCUT2D eigenvalue weighted by atomic mass is 16.5. The molecule has 0 unspecified atom stereocenters. The van der Waals surface area contributed by atoms with Gasteiger partial charge in [0.05, 0.1) is 27.8 Å². The van der Waals surface area contributed by atoms with Crippen molar-refractivity contribution in [3.63, 3.8) is 0 Å². The lowest BCUT2D eigenvalue weighted by atomic mass is 9.66. The van der Waals surface area contributed by atoms with Crippen molar-refractivity contribution >= 4 is 39.0 Å². The van der Waals surface area contributed by atoms with Crippen LogP contribution in [-0.4, -0.2) is 21.2 Å². The van der Waals surface area contributed by atoms with Gasteiger partial charge in [-0.1, -0.05) is 151 Å². The lowest BCUT2D eigenvalue weighted by Crippen LogP contribution is -2.34. The molecule has 0 saturated heterocycles. The summed E-state index contributed by atoms with van der Waals surface area (Å²) in [4.78, 5) is 10.7. The number of hydrogen-bond acceptors (Lipinski definition) is 3. The van der Waals surface area contributed by atoms with E-state index < -0.39 is 5.41 Å². The largest absolute Gasteiger partial charge is 0.457 e. The fraction of sp³-hybridized carbons (Fsp3) is 0.0192. The van der Waals surface area contributed by atoms with Crippen molar-refractivity contribution in [1.29, 1.82) is 0 Å². The average Bonchev–Trinajstić information content (AvgIpc) is 3.55. The number of fused-ring (bicyclic) bond motifs is 13. The molecule has 3 heterocycles. The Balaban J connectivity index is 1.17. The third-order valence-corrected chi connectivity index (χ3v) is 11.8. The SMILES string of the molecule is c1ccc(C2=NC(c3ccc4c(c3)nc(-c3ccccc3)c3ccc5c(c34)-c3ccccc3C53c4ccccc4Oc4ccccc43)=[N+]2c2ccccc2)cc1. The van der Waals surface area contributed by atoms with Gasteiger partial charge < -0.3 is 4.74 Å². The summed E-state index contributed by atoms with van der Waals surface area (Å²) in [6.07, 6.45) is 0. The van der Waals surface area contributed by atoms with Crippen LogP contribution in [-0.2, 0) is 5.41 Å². The number of aromatic nitrogens is 1. The molecule has 4 heteroatoms. The molecule has 0 N–H and O–H groups in total. The molecule has 0 amide bonds. The van der Waals surface area contributed by atoms with Crippen molar-refractivity contribution in [2.75, 3.05) is 0 Å². The lowest BCUT2D eigenvalue weighted by molar-refractivity contribution is -0.319. The minimum absolute atomic E-state index is 0.561. The van der Waals surface area contributed by atoms with Crippen LogP contribution >= 0.6 is 0 Å². The maximum absolute atomic E-state index is 6.63. The molecule has 3 aliphatic rings. The van der Waals surface area contributed by atoms with E-state index in [-0.39, 0.29) is 0 Å². The van der Waals surface area contributed by atoms with Gasteiger partial charge in [-0.15, -0.1) is 0 Å². The maximum Gasteiger partial charge on any atom is 0.279 e. The number of hydrogen-bond donors (Lipinski definition) is 0. The molecule has 0 atom stereocenters. The first-order valence-electron chi connectivity index (χ1n) is 19.1. The van der Waals surface area contributed by atoms with Crippen molar-refractivity contribution in [2.24, 2.45) is 4.99 Å². The third kappa shape index (κ3) is 4.21. The van der Waals surface area contributed by atoms with E-state index in [0.29, 0.717) is 0 Å². The van der Waals surface area contributed by atoms with E-state index in [1.54, 1.807) is 0 Å². The third-order valence-electron chi connectivity index (χ3n) is 11.8. The minimum Gasteiger partial charge on any atom is -0.457 e. The average molecular weight is 715 g/mol. The van der Waals surface area contributed by atoms with Crippen LogP contribution in [0.5, 0.6) is 11.5 Å². The summed E-state index contributed by atoms with van der Waals surface area (Å²) in [5.41, 5.74) is 12.9. The molecule has 0 fully saturated rings. The smallest absolute Gasteiger partial charge is 0.279 e. The number of aliphatic imine (C=N–C) groups is 1. The predicted molar refractivity (Wildman–Crippen MR) is 226 cm³/mol. The highest BCUT2D eigenvalue weighted by Crippen LogP contribution is 2.63. The zero-order valence-corrected chi connectivity index (χ0v) is 30.2. The summed E-state index contributed by atoms with van der Waals surface area (Å²) in [6.45, 7) is 0. The summed E-state index contributed by atoms with van der Waals surface area (Å²) >= 11 is 0. The molecule has 0 saturated carbocycles. The van der Waals surface area contributed by atoms with Gasteiger partial charge in [0.25, 0.3) is 11.7 Å². The van der Waals surface area contributed by atoms with Crippen LogP contribution in [0.1, 0.15) is 33.4 Å². The summed E-state index contributed by atoms with van der Waals surface area (Å²) in [5, 5.41) is 3.44. The second kappa shape index (κ2) is 11.8. The second-order valence-electron chi connectivity index (χ2n) is 14.7. The number of ether oxygens (including phenoxy) is 1. The van der Waals surface area contributed by atoms with Crippen molar-refractivity contribution in [3.05, 3.63) is 228 Å². The number of nitrogens with zero attached hydrogens (tertiary/aromatic N) is 3. The Morgan fingerprint density at radius 2 is 1.05 bits per heavy atom. The molecule has 0 radical (unpaired) electrons. The van der Waals surface area contributed by atoms with Crippen LogP contribution in [0, 0.1) is 0 Å². The first-order valence-corrected chi connectivity index (χ1v) is 19.1. The molecule has 0 bridgehead atoms.